The molecule has 1 heterocycles. The molecule has 16 nitrogen and oxygen atoms in total. The molecule has 1 aliphatic rings. The predicted molar refractivity (Wildman–Crippen MR) is 274 cm³/mol. The van der Waals surface area contributed by atoms with Gasteiger partial charge in [0.2, 0.25) is 0 Å². The molecule has 72 heavy (non-hydrogen) atoms. The van der Waals surface area contributed by atoms with E-state index in [4.69, 9.17) is 32.9 Å². The average Bonchev–Trinajstić information content (AvgIpc) is 3.61. The van der Waals surface area contributed by atoms with Gasteiger partial charge in [0.1, 0.15) is 61.2 Å². The summed E-state index contributed by atoms with van der Waals surface area (Å²) < 4.78 is 47.1. The van der Waals surface area contributed by atoms with E-state index < -0.39 is 67.0 Å². The van der Waals surface area contributed by atoms with Crippen LogP contribution in [0.4, 0.5) is 5.82 Å². The van der Waals surface area contributed by atoms with Crippen molar-refractivity contribution in [3.8, 4) is 17.6 Å². The van der Waals surface area contributed by atoms with E-state index in [0.717, 1.165) is 5.56 Å². The zero-order valence-corrected chi connectivity index (χ0v) is 43.6. The molecule has 0 bridgehead atoms. The fourth-order valence-corrected chi connectivity index (χ4v) is 11.3. The summed E-state index contributed by atoms with van der Waals surface area (Å²) >= 11 is 0. The maximum absolute atomic E-state index is 15.8. The lowest BCUT2D eigenvalue weighted by molar-refractivity contribution is -0.152. The topological polar surface area (TPSA) is 190 Å². The maximum Gasteiger partial charge on any atom is 0.350 e. The SMILES string of the molecule is COCCOC1C(OP(CC(=O)OC(C)(C)CC#N)N(C(C)C)C(C)C)C(COC(c2ccccc2)(c2ccc(OC)cc2)c2ccc(OC)cc2)C(=O)C1n1cc(C)c(NC(=O)c2ccccc2)nc1=O. The Morgan fingerprint density at radius 1 is 0.806 bits per heavy atom. The summed E-state index contributed by atoms with van der Waals surface area (Å²) in [6.07, 6.45) is -1.10. The van der Waals surface area contributed by atoms with Gasteiger partial charge in [0.25, 0.3) is 5.91 Å². The van der Waals surface area contributed by atoms with Gasteiger partial charge in [-0.05, 0) is 102 Å². The number of nitrogens with one attached hydrogen (secondary N) is 1. The van der Waals surface area contributed by atoms with E-state index >= 15 is 4.79 Å². The molecule has 1 fully saturated rings. The molecule has 17 heteroatoms. The van der Waals surface area contributed by atoms with Gasteiger partial charge < -0.3 is 38.3 Å². The molecule has 382 valence electrons. The van der Waals surface area contributed by atoms with Gasteiger partial charge in [-0.2, -0.15) is 10.2 Å². The Morgan fingerprint density at radius 3 is 1.89 bits per heavy atom. The van der Waals surface area contributed by atoms with Crippen LogP contribution in [0.5, 0.6) is 11.5 Å². The minimum atomic E-state index is -1.95. The maximum atomic E-state index is 15.8. The molecule has 0 saturated heterocycles. The van der Waals surface area contributed by atoms with E-state index in [-0.39, 0.29) is 50.3 Å². The van der Waals surface area contributed by atoms with Gasteiger partial charge in [-0.15, -0.1) is 0 Å². The van der Waals surface area contributed by atoms with E-state index in [9.17, 15) is 19.6 Å². The minimum absolute atomic E-state index is 0.00317. The number of ether oxygens (including phenoxy) is 6. The number of carbonyl (C=O) groups is 3. The first-order valence-electron chi connectivity index (χ1n) is 23.9. The number of amides is 1. The lowest BCUT2D eigenvalue weighted by Crippen LogP contribution is -2.43. The van der Waals surface area contributed by atoms with Gasteiger partial charge in [-0.3, -0.25) is 23.6 Å². The molecule has 1 aromatic heterocycles. The van der Waals surface area contributed by atoms with Gasteiger partial charge >= 0.3 is 11.7 Å². The summed E-state index contributed by atoms with van der Waals surface area (Å²) in [5, 5.41) is 12.3. The smallest absolute Gasteiger partial charge is 0.350 e. The van der Waals surface area contributed by atoms with Gasteiger partial charge in [-0.1, -0.05) is 72.8 Å². The number of methoxy groups -OCH3 is 3. The van der Waals surface area contributed by atoms with Crippen LogP contribution in [-0.2, 0) is 38.7 Å². The number of anilines is 1. The lowest BCUT2D eigenvalue weighted by Gasteiger charge is -2.41. The highest BCUT2D eigenvalue weighted by atomic mass is 31.2. The highest BCUT2D eigenvalue weighted by Crippen LogP contribution is 2.52. The fraction of sp³-hybridized carbons (Fsp3) is 0.418. The first kappa shape index (κ1) is 55.0. The largest absolute Gasteiger partial charge is 0.497 e. The lowest BCUT2D eigenvalue weighted by atomic mass is 9.79. The summed E-state index contributed by atoms with van der Waals surface area (Å²) in [7, 11) is 2.75. The number of hydrogen-bond acceptors (Lipinski definition) is 14. The number of carbonyl (C=O) groups excluding carboxylic acids is 3. The van der Waals surface area contributed by atoms with Crippen molar-refractivity contribution in [1.29, 1.82) is 5.26 Å². The molecule has 0 radical (unpaired) electrons. The van der Waals surface area contributed by atoms with E-state index in [1.54, 1.807) is 65.3 Å². The van der Waals surface area contributed by atoms with Crippen LogP contribution in [0.1, 0.15) is 86.6 Å². The third-order valence-electron chi connectivity index (χ3n) is 12.4. The average molecular weight is 1000 g/mol. The monoisotopic (exact) mass is 1000 g/mol. The number of nitriles is 1. The predicted octanol–water partition coefficient (Wildman–Crippen LogP) is 8.65. The quantitative estimate of drug-likeness (QED) is 0.0268. The number of Topliss-reactive ketones (excluding diaryl/α,β-unsaturated/α-hetero) is 1. The van der Waals surface area contributed by atoms with Crippen LogP contribution in [0.2, 0.25) is 0 Å². The number of aryl methyl sites for hydroxylation is 1. The number of rotatable bonds is 24. The van der Waals surface area contributed by atoms with Crippen LogP contribution in [0.15, 0.2) is 120 Å². The Morgan fingerprint density at radius 2 is 1.36 bits per heavy atom. The van der Waals surface area contributed by atoms with Crippen molar-refractivity contribution in [2.45, 2.75) is 96.4 Å². The molecule has 6 rings (SSSR count). The third-order valence-corrected chi connectivity index (χ3v) is 14.8. The zero-order valence-electron chi connectivity index (χ0n) is 42.7. The number of benzene rings is 4. The zero-order chi connectivity index (χ0) is 52.2. The van der Waals surface area contributed by atoms with Gasteiger partial charge in [0.15, 0.2) is 5.78 Å². The molecular formula is C55H66N5O11P. The summed E-state index contributed by atoms with van der Waals surface area (Å²) in [5.41, 5.74) is -0.346. The van der Waals surface area contributed by atoms with Gasteiger partial charge in [-0.25, -0.2) is 4.79 Å². The Bertz CT molecular complexity index is 2640. The molecule has 4 aromatic carbocycles. The normalized spacial score (nSPS) is 17.5. The van der Waals surface area contributed by atoms with Crippen molar-refractivity contribution in [1.82, 2.24) is 14.2 Å². The number of esters is 1. The van der Waals surface area contributed by atoms with Crippen LogP contribution in [0.25, 0.3) is 0 Å². The van der Waals surface area contributed by atoms with E-state index in [2.05, 4.69) is 21.0 Å². The second kappa shape index (κ2) is 24.9. The molecule has 5 unspecified atom stereocenters. The molecule has 0 spiro atoms. The van der Waals surface area contributed by atoms with Crippen molar-refractivity contribution in [2.24, 2.45) is 5.92 Å². The number of aromatic nitrogens is 2. The van der Waals surface area contributed by atoms with Crippen molar-refractivity contribution in [3.05, 3.63) is 154 Å². The Balaban J connectivity index is 1.54. The van der Waals surface area contributed by atoms with Crippen LogP contribution in [0, 0.1) is 24.2 Å². The molecule has 1 saturated carbocycles. The standard InChI is InChI=1S/C55H66N5O11P/c1-36(2)60(37(3)4)72(35-46(61)70-54(6,7)29-30-56)71-49-45(34-69-55(40-19-15-12-16-20-40,41-21-25-43(66-9)26-22-41)42-23-27-44(67-10)28-24-42)48(62)47(50(49)68-32-31-65-8)59-33-38(5)51(58-53(59)64)57-52(63)39-17-13-11-14-18-39/h11-28,33,36-37,45,47,49-50H,29,31-32,34-35H2,1-10H3,(H,57,58,63,64). The van der Waals surface area contributed by atoms with Crippen LogP contribution in [0.3, 0.4) is 0 Å². The first-order valence-corrected chi connectivity index (χ1v) is 25.3. The van der Waals surface area contributed by atoms with E-state index in [1.807, 2.05) is 107 Å². The second-order valence-electron chi connectivity index (χ2n) is 18.6. The Kier molecular flexibility index (Phi) is 19.0. The van der Waals surface area contributed by atoms with Crippen LogP contribution in [-0.4, -0.2) is 109 Å². The van der Waals surface area contributed by atoms with Crippen molar-refractivity contribution in [3.63, 3.8) is 0 Å². The molecular weight excluding hydrogens is 938 g/mol. The first-order chi connectivity index (χ1) is 34.5. The minimum Gasteiger partial charge on any atom is -0.497 e. The number of nitrogens with zero attached hydrogens (tertiary/aromatic N) is 4. The Labute approximate surface area is 423 Å². The van der Waals surface area contributed by atoms with Crippen molar-refractivity contribution >= 4 is 31.8 Å². The Hall–Kier alpha value is -6.31. The van der Waals surface area contributed by atoms with E-state index in [1.165, 1.54) is 17.9 Å². The highest BCUT2D eigenvalue weighted by Gasteiger charge is 2.56. The van der Waals surface area contributed by atoms with Crippen LogP contribution < -0.4 is 20.5 Å². The summed E-state index contributed by atoms with van der Waals surface area (Å²) in [6, 6.07) is 33.6. The molecule has 1 aliphatic carbocycles. The van der Waals surface area contributed by atoms with Gasteiger partial charge in [0.05, 0.1) is 52.4 Å². The van der Waals surface area contributed by atoms with Crippen LogP contribution >= 0.6 is 8.30 Å². The third kappa shape index (κ3) is 12.8. The summed E-state index contributed by atoms with van der Waals surface area (Å²) in [6.45, 7) is 12.8. The summed E-state index contributed by atoms with van der Waals surface area (Å²) in [5.74, 6) is -1.39. The summed E-state index contributed by atoms with van der Waals surface area (Å²) in [4.78, 5) is 61.8. The fourth-order valence-electron chi connectivity index (χ4n) is 9.06. The number of ketones is 1. The molecule has 0 aliphatic heterocycles. The molecule has 5 atom stereocenters. The highest BCUT2D eigenvalue weighted by molar-refractivity contribution is 7.51. The van der Waals surface area contributed by atoms with Crippen molar-refractivity contribution in [2.75, 3.05) is 52.6 Å². The molecule has 5 aromatic rings. The number of hydrogen-bond donors (Lipinski definition) is 1. The van der Waals surface area contributed by atoms with Crippen molar-refractivity contribution < 1.29 is 47.3 Å². The molecule has 1 amide bonds. The second-order valence-corrected chi connectivity index (χ2v) is 20.3. The molecule has 1 N–H and O–H groups in total. The van der Waals surface area contributed by atoms with E-state index in [0.29, 0.717) is 33.8 Å². The van der Waals surface area contributed by atoms with Gasteiger partial charge in [0, 0.05) is 36.5 Å².